The zero-order valence-corrected chi connectivity index (χ0v) is 13.0. The molecule has 0 aliphatic carbocycles. The van der Waals surface area contributed by atoms with E-state index in [0.29, 0.717) is 0 Å². The van der Waals surface area contributed by atoms with Crippen molar-refractivity contribution in [3.8, 4) is 21.6 Å². The fraction of sp³-hybridized carbons (Fsp3) is 0.158. The van der Waals surface area contributed by atoms with Crippen LogP contribution in [-0.4, -0.2) is 6.54 Å². The Morgan fingerprint density at radius 3 is 2.14 bits per heavy atom. The van der Waals surface area contributed by atoms with Gasteiger partial charge in [-0.05, 0) is 35.4 Å². The monoisotopic (exact) mass is 293 g/mol. The van der Waals surface area contributed by atoms with Gasteiger partial charge in [-0.2, -0.15) is 0 Å². The van der Waals surface area contributed by atoms with Gasteiger partial charge in [0.15, 0.2) is 0 Å². The average molecular weight is 293 g/mol. The highest BCUT2D eigenvalue weighted by Crippen LogP contribution is 2.30. The van der Waals surface area contributed by atoms with Gasteiger partial charge in [-0.15, -0.1) is 11.3 Å². The van der Waals surface area contributed by atoms with E-state index in [0.717, 1.165) is 13.1 Å². The summed E-state index contributed by atoms with van der Waals surface area (Å²) in [6.45, 7) is 4.11. The number of hydrogen-bond donors (Lipinski definition) is 1. The minimum absolute atomic E-state index is 0.962. The van der Waals surface area contributed by atoms with Crippen molar-refractivity contribution in [2.45, 2.75) is 13.5 Å². The zero-order chi connectivity index (χ0) is 14.5. The number of nitrogens with one attached hydrogen (secondary N) is 1. The second-order valence-corrected chi connectivity index (χ2v) is 6.16. The SMILES string of the molecule is CCNCc1ccc(-c2ccc(-c3ccccc3)cc2)s1. The molecule has 0 unspecified atom stereocenters. The van der Waals surface area contributed by atoms with E-state index in [-0.39, 0.29) is 0 Å². The van der Waals surface area contributed by atoms with Gasteiger partial charge in [0.1, 0.15) is 0 Å². The summed E-state index contributed by atoms with van der Waals surface area (Å²) in [5, 5.41) is 3.37. The summed E-state index contributed by atoms with van der Waals surface area (Å²) < 4.78 is 0. The molecule has 3 aromatic rings. The molecule has 106 valence electrons. The average Bonchev–Trinajstić information content (AvgIpc) is 3.03. The van der Waals surface area contributed by atoms with Crippen LogP contribution >= 0.6 is 11.3 Å². The Balaban J connectivity index is 1.79. The first kappa shape index (κ1) is 14.1. The maximum Gasteiger partial charge on any atom is 0.0346 e. The highest BCUT2D eigenvalue weighted by Gasteiger charge is 2.03. The predicted molar refractivity (Wildman–Crippen MR) is 92.6 cm³/mol. The molecule has 0 bridgehead atoms. The highest BCUT2D eigenvalue weighted by molar-refractivity contribution is 7.15. The van der Waals surface area contributed by atoms with Crippen LogP contribution in [0.2, 0.25) is 0 Å². The van der Waals surface area contributed by atoms with Gasteiger partial charge in [-0.3, -0.25) is 0 Å². The third-order valence-corrected chi connectivity index (χ3v) is 4.62. The first-order valence-electron chi connectivity index (χ1n) is 7.32. The van der Waals surface area contributed by atoms with Crippen LogP contribution in [0, 0.1) is 0 Å². The Morgan fingerprint density at radius 1 is 0.762 bits per heavy atom. The molecule has 0 aliphatic rings. The Kier molecular flexibility index (Phi) is 4.49. The first-order valence-corrected chi connectivity index (χ1v) is 8.14. The lowest BCUT2D eigenvalue weighted by atomic mass is 10.0. The number of thiophene rings is 1. The van der Waals surface area contributed by atoms with E-state index in [4.69, 9.17) is 0 Å². The van der Waals surface area contributed by atoms with E-state index in [1.165, 1.54) is 26.4 Å². The third kappa shape index (κ3) is 3.41. The molecule has 0 aliphatic heterocycles. The summed E-state index contributed by atoms with van der Waals surface area (Å²) in [6.07, 6.45) is 0. The second kappa shape index (κ2) is 6.70. The van der Waals surface area contributed by atoms with E-state index in [1.54, 1.807) is 0 Å². The van der Waals surface area contributed by atoms with E-state index in [9.17, 15) is 0 Å². The molecule has 0 amide bonds. The van der Waals surface area contributed by atoms with Crippen LogP contribution < -0.4 is 5.32 Å². The molecule has 3 rings (SSSR count). The Labute approximate surface area is 130 Å². The summed E-state index contributed by atoms with van der Waals surface area (Å²) in [6, 6.07) is 23.8. The maximum absolute atomic E-state index is 3.37. The lowest BCUT2D eigenvalue weighted by Crippen LogP contribution is -2.10. The molecule has 2 aromatic carbocycles. The molecule has 1 nitrogen and oxygen atoms in total. The number of hydrogen-bond acceptors (Lipinski definition) is 2. The van der Waals surface area contributed by atoms with Crippen LogP contribution in [0.1, 0.15) is 11.8 Å². The van der Waals surface area contributed by atoms with Gasteiger partial charge in [0.2, 0.25) is 0 Å². The van der Waals surface area contributed by atoms with E-state index < -0.39 is 0 Å². The molecule has 0 saturated heterocycles. The van der Waals surface area contributed by atoms with Gasteiger partial charge < -0.3 is 5.32 Å². The summed E-state index contributed by atoms with van der Waals surface area (Å²) in [7, 11) is 0. The Bertz CT molecular complexity index is 683. The quantitative estimate of drug-likeness (QED) is 0.682. The highest BCUT2D eigenvalue weighted by atomic mass is 32.1. The third-order valence-electron chi connectivity index (χ3n) is 3.49. The second-order valence-electron chi connectivity index (χ2n) is 4.99. The van der Waals surface area contributed by atoms with Crippen molar-refractivity contribution < 1.29 is 0 Å². The molecule has 1 aromatic heterocycles. The fourth-order valence-electron chi connectivity index (χ4n) is 2.33. The first-order chi connectivity index (χ1) is 10.4. The summed E-state index contributed by atoms with van der Waals surface area (Å²) in [5.74, 6) is 0. The molecule has 0 fully saturated rings. The van der Waals surface area contributed by atoms with Crippen molar-refractivity contribution in [1.29, 1.82) is 0 Å². The Hall–Kier alpha value is -1.90. The normalized spacial score (nSPS) is 10.7. The van der Waals surface area contributed by atoms with Gasteiger partial charge in [-0.25, -0.2) is 0 Å². The van der Waals surface area contributed by atoms with Crippen molar-refractivity contribution in [3.63, 3.8) is 0 Å². The van der Waals surface area contributed by atoms with Gasteiger partial charge in [0, 0.05) is 16.3 Å². The van der Waals surface area contributed by atoms with Gasteiger partial charge in [0.25, 0.3) is 0 Å². The predicted octanol–water partition coefficient (Wildman–Crippen LogP) is 5.19. The molecule has 0 radical (unpaired) electrons. The molecule has 1 heterocycles. The van der Waals surface area contributed by atoms with E-state index in [1.807, 2.05) is 11.3 Å². The molecular weight excluding hydrogens is 274 g/mol. The van der Waals surface area contributed by atoms with Crippen LogP contribution in [0.15, 0.2) is 66.7 Å². The maximum atomic E-state index is 3.37. The summed E-state index contributed by atoms with van der Waals surface area (Å²) in [4.78, 5) is 2.72. The minimum Gasteiger partial charge on any atom is -0.312 e. The van der Waals surface area contributed by atoms with Gasteiger partial charge in [0.05, 0.1) is 0 Å². The summed E-state index contributed by atoms with van der Waals surface area (Å²) >= 11 is 1.87. The van der Waals surface area contributed by atoms with Gasteiger partial charge in [-0.1, -0.05) is 61.5 Å². The molecule has 21 heavy (non-hydrogen) atoms. The molecule has 0 atom stereocenters. The van der Waals surface area contributed by atoms with Gasteiger partial charge >= 0.3 is 0 Å². The topological polar surface area (TPSA) is 12.0 Å². The number of rotatable bonds is 5. The van der Waals surface area contributed by atoms with Crippen LogP contribution in [0.4, 0.5) is 0 Å². The van der Waals surface area contributed by atoms with E-state index in [2.05, 4.69) is 79.0 Å². The molecular formula is C19H19NS. The van der Waals surface area contributed by atoms with Crippen molar-refractivity contribution in [2.75, 3.05) is 6.54 Å². The molecule has 2 heteroatoms. The number of benzene rings is 2. The molecule has 0 spiro atoms. The van der Waals surface area contributed by atoms with Crippen LogP contribution in [-0.2, 0) is 6.54 Å². The van der Waals surface area contributed by atoms with Crippen LogP contribution in [0.3, 0.4) is 0 Å². The standard InChI is InChI=1S/C19H19NS/c1-2-20-14-18-12-13-19(21-18)17-10-8-16(9-11-17)15-6-4-3-5-7-15/h3-13,20H,2,14H2,1H3. The lowest BCUT2D eigenvalue weighted by Gasteiger charge is -2.03. The summed E-state index contributed by atoms with van der Waals surface area (Å²) in [5.41, 5.74) is 3.83. The Morgan fingerprint density at radius 2 is 1.43 bits per heavy atom. The largest absolute Gasteiger partial charge is 0.312 e. The van der Waals surface area contributed by atoms with Crippen molar-refractivity contribution in [3.05, 3.63) is 71.6 Å². The molecule has 1 N–H and O–H groups in total. The fourth-order valence-corrected chi connectivity index (χ4v) is 3.32. The minimum atomic E-state index is 0.962. The van der Waals surface area contributed by atoms with Crippen molar-refractivity contribution >= 4 is 11.3 Å². The van der Waals surface area contributed by atoms with E-state index >= 15 is 0 Å². The molecule has 0 saturated carbocycles. The van der Waals surface area contributed by atoms with Crippen molar-refractivity contribution in [2.24, 2.45) is 0 Å². The van der Waals surface area contributed by atoms with Crippen LogP contribution in [0.25, 0.3) is 21.6 Å². The van der Waals surface area contributed by atoms with Crippen molar-refractivity contribution in [1.82, 2.24) is 5.32 Å². The van der Waals surface area contributed by atoms with Crippen LogP contribution in [0.5, 0.6) is 0 Å². The lowest BCUT2D eigenvalue weighted by molar-refractivity contribution is 0.735. The zero-order valence-electron chi connectivity index (χ0n) is 12.2. The smallest absolute Gasteiger partial charge is 0.0346 e.